The zero-order valence-electron chi connectivity index (χ0n) is 6.35. The van der Waals surface area contributed by atoms with Crippen LogP contribution in [0.5, 0.6) is 0 Å². The highest BCUT2D eigenvalue weighted by atomic mass is 16.4. The van der Waals surface area contributed by atoms with Crippen molar-refractivity contribution < 1.29 is 29.7 Å². The van der Waals surface area contributed by atoms with Crippen LogP contribution < -0.4 is 0 Å². The Morgan fingerprint density at radius 2 is 1.31 bits per heavy atom. The summed E-state index contributed by atoms with van der Waals surface area (Å²) < 4.78 is 0. The van der Waals surface area contributed by atoms with E-state index >= 15 is 0 Å². The summed E-state index contributed by atoms with van der Waals surface area (Å²) in [5, 5.41) is 25.1. The van der Waals surface area contributed by atoms with Crippen LogP contribution in [-0.4, -0.2) is 33.2 Å². The number of carboxylic acids is 3. The van der Waals surface area contributed by atoms with Gasteiger partial charge in [-0.1, -0.05) is 12.7 Å². The van der Waals surface area contributed by atoms with E-state index in [-0.39, 0.29) is 0 Å². The molecule has 13 heavy (non-hydrogen) atoms. The second-order valence-corrected chi connectivity index (χ2v) is 1.91. The molecule has 0 unspecified atom stereocenters. The summed E-state index contributed by atoms with van der Waals surface area (Å²) in [7, 11) is 0. The fourth-order valence-electron chi connectivity index (χ4n) is 0.618. The van der Waals surface area contributed by atoms with Crippen LogP contribution in [0.1, 0.15) is 0 Å². The zero-order chi connectivity index (χ0) is 10.6. The van der Waals surface area contributed by atoms with Gasteiger partial charge < -0.3 is 15.3 Å². The van der Waals surface area contributed by atoms with Crippen molar-refractivity contribution in [3.8, 4) is 0 Å². The van der Waals surface area contributed by atoms with Gasteiger partial charge in [-0.25, -0.2) is 14.4 Å². The van der Waals surface area contributed by atoms with E-state index in [4.69, 9.17) is 15.3 Å². The number of hydrogen-bond donors (Lipinski definition) is 3. The molecule has 0 amide bonds. The average molecular weight is 186 g/mol. The van der Waals surface area contributed by atoms with Crippen molar-refractivity contribution in [1.29, 1.82) is 0 Å². The molecule has 0 heterocycles. The lowest BCUT2D eigenvalue weighted by Gasteiger charge is -1.98. The number of aliphatic carboxylic acids is 3. The van der Waals surface area contributed by atoms with Gasteiger partial charge in [-0.2, -0.15) is 0 Å². The van der Waals surface area contributed by atoms with Gasteiger partial charge in [-0.05, 0) is 0 Å². The third-order valence-corrected chi connectivity index (χ3v) is 1.13. The van der Waals surface area contributed by atoms with Gasteiger partial charge in [0, 0.05) is 0 Å². The van der Waals surface area contributed by atoms with Crippen molar-refractivity contribution in [2.75, 3.05) is 0 Å². The Kier molecular flexibility index (Phi) is 3.39. The second-order valence-electron chi connectivity index (χ2n) is 1.91. The molecule has 0 spiro atoms. The minimum absolute atomic E-state index is 0.667. The fraction of sp³-hybridized carbons (Fsp3) is 0. The maximum atomic E-state index is 10.3. The maximum absolute atomic E-state index is 10.3. The highest BCUT2D eigenvalue weighted by Crippen LogP contribution is 2.06. The smallest absolute Gasteiger partial charge is 0.344 e. The lowest BCUT2D eigenvalue weighted by atomic mass is 10.1. The fourth-order valence-corrected chi connectivity index (χ4v) is 0.618. The minimum atomic E-state index is -1.81. The molecule has 0 saturated carbocycles. The van der Waals surface area contributed by atoms with Crippen molar-refractivity contribution in [3.63, 3.8) is 0 Å². The molecule has 0 aliphatic carbocycles. The van der Waals surface area contributed by atoms with Crippen LogP contribution >= 0.6 is 0 Å². The van der Waals surface area contributed by atoms with E-state index in [1.807, 2.05) is 0 Å². The molecule has 6 nitrogen and oxygen atoms in total. The van der Waals surface area contributed by atoms with Crippen LogP contribution in [0.25, 0.3) is 0 Å². The number of carboxylic acid groups (broad SMARTS) is 3. The first-order valence-corrected chi connectivity index (χ1v) is 2.98. The lowest BCUT2D eigenvalue weighted by Crippen LogP contribution is -2.17. The largest absolute Gasteiger partial charge is 0.478 e. The summed E-state index contributed by atoms with van der Waals surface area (Å²) in [6, 6.07) is 0. The van der Waals surface area contributed by atoms with Crippen LogP contribution in [0, 0.1) is 0 Å². The van der Waals surface area contributed by atoms with Gasteiger partial charge in [0.05, 0.1) is 5.57 Å². The zero-order valence-corrected chi connectivity index (χ0v) is 6.35. The van der Waals surface area contributed by atoms with E-state index in [0.717, 1.165) is 0 Å². The molecule has 70 valence electrons. The first kappa shape index (κ1) is 10.9. The molecule has 0 aliphatic heterocycles. The Morgan fingerprint density at radius 3 is 1.38 bits per heavy atom. The predicted molar refractivity (Wildman–Crippen MR) is 40.1 cm³/mol. The molecule has 3 N–H and O–H groups in total. The van der Waals surface area contributed by atoms with Crippen molar-refractivity contribution >= 4 is 17.9 Å². The second kappa shape index (κ2) is 4.05. The quantitative estimate of drug-likeness (QED) is 0.241. The minimum Gasteiger partial charge on any atom is -0.478 e. The topological polar surface area (TPSA) is 112 Å². The predicted octanol–water partition coefficient (Wildman–Crippen LogP) is -0.277. The van der Waals surface area contributed by atoms with Crippen LogP contribution in [-0.2, 0) is 14.4 Å². The summed E-state index contributed by atoms with van der Waals surface area (Å²) in [6.07, 6.45) is 0.667. The molecular formula is C7H6O6. The van der Waals surface area contributed by atoms with Gasteiger partial charge in [-0.3, -0.25) is 0 Å². The Bertz CT molecular complexity index is 295. The Balaban J connectivity index is 5.53. The van der Waals surface area contributed by atoms with Crippen LogP contribution in [0.15, 0.2) is 23.8 Å². The monoisotopic (exact) mass is 186 g/mol. The van der Waals surface area contributed by atoms with E-state index in [2.05, 4.69) is 6.58 Å². The SMILES string of the molecule is C=CC(C(=O)O)=C(C(=O)O)C(=O)O. The van der Waals surface area contributed by atoms with Crippen LogP contribution in [0.2, 0.25) is 0 Å². The highest BCUT2D eigenvalue weighted by molar-refractivity contribution is 6.18. The summed E-state index contributed by atoms with van der Waals surface area (Å²) in [5.41, 5.74) is -2.05. The van der Waals surface area contributed by atoms with E-state index < -0.39 is 29.1 Å². The Morgan fingerprint density at radius 1 is 0.923 bits per heavy atom. The molecule has 0 aromatic rings. The molecule has 0 aliphatic rings. The van der Waals surface area contributed by atoms with Crippen LogP contribution in [0.3, 0.4) is 0 Å². The highest BCUT2D eigenvalue weighted by Gasteiger charge is 2.24. The van der Waals surface area contributed by atoms with Gasteiger partial charge in [0.1, 0.15) is 0 Å². The van der Waals surface area contributed by atoms with Gasteiger partial charge in [0.15, 0.2) is 5.57 Å². The number of hydrogen-bond acceptors (Lipinski definition) is 3. The lowest BCUT2D eigenvalue weighted by molar-refractivity contribution is -0.142. The van der Waals surface area contributed by atoms with Gasteiger partial charge >= 0.3 is 17.9 Å². The number of carbonyl (C=O) groups is 3. The third-order valence-electron chi connectivity index (χ3n) is 1.13. The van der Waals surface area contributed by atoms with Crippen LogP contribution in [0.4, 0.5) is 0 Å². The van der Waals surface area contributed by atoms with Crippen molar-refractivity contribution in [2.24, 2.45) is 0 Å². The molecule has 0 bridgehead atoms. The summed E-state index contributed by atoms with van der Waals surface area (Å²) in [4.78, 5) is 30.9. The Hall–Kier alpha value is -2.11. The number of rotatable bonds is 4. The van der Waals surface area contributed by atoms with Crippen molar-refractivity contribution in [1.82, 2.24) is 0 Å². The van der Waals surface area contributed by atoms with Gasteiger partial charge in [-0.15, -0.1) is 0 Å². The molecule has 0 radical (unpaired) electrons. The maximum Gasteiger partial charge on any atom is 0.344 e. The van der Waals surface area contributed by atoms with E-state index in [9.17, 15) is 14.4 Å². The Labute approximate surface area is 72.4 Å². The first-order valence-electron chi connectivity index (χ1n) is 2.98. The molecule has 0 atom stereocenters. The van der Waals surface area contributed by atoms with Gasteiger partial charge in [0.25, 0.3) is 0 Å². The average Bonchev–Trinajstić information content (AvgIpc) is 1.97. The first-order chi connectivity index (χ1) is 5.91. The molecule has 0 saturated heterocycles. The normalized spacial score (nSPS) is 8.62. The summed E-state index contributed by atoms with van der Waals surface area (Å²) in [6.45, 7) is 3.00. The van der Waals surface area contributed by atoms with Crippen molar-refractivity contribution in [3.05, 3.63) is 23.8 Å². The molecular weight excluding hydrogens is 180 g/mol. The molecule has 0 aromatic heterocycles. The van der Waals surface area contributed by atoms with E-state index in [0.29, 0.717) is 6.08 Å². The standard InChI is InChI=1S/C7H6O6/c1-2-3(5(8)9)4(6(10)11)7(12)13/h2H,1H2,(H,8,9)(H,10,11)(H,12,13). The van der Waals surface area contributed by atoms with Crippen molar-refractivity contribution in [2.45, 2.75) is 0 Å². The molecule has 0 fully saturated rings. The van der Waals surface area contributed by atoms with Gasteiger partial charge in [0.2, 0.25) is 0 Å². The summed E-state index contributed by atoms with van der Waals surface area (Å²) in [5.74, 6) is -5.27. The van der Waals surface area contributed by atoms with E-state index in [1.54, 1.807) is 0 Å². The summed E-state index contributed by atoms with van der Waals surface area (Å²) >= 11 is 0. The molecule has 6 heteroatoms. The third kappa shape index (κ3) is 2.44. The molecule has 0 aromatic carbocycles. The van der Waals surface area contributed by atoms with E-state index in [1.165, 1.54) is 0 Å². The molecule has 0 rings (SSSR count).